The molecule has 136 valence electrons. The number of H-pyrrole nitrogens is 1. The number of imidazole rings is 1. The molecular formula is C21H25N3O2. The number of para-hydroxylation sites is 2. The summed E-state index contributed by atoms with van der Waals surface area (Å²) < 4.78 is 11.3. The average Bonchev–Trinajstić information content (AvgIpc) is 3.07. The maximum absolute atomic E-state index is 5.68. The Morgan fingerprint density at radius 1 is 1.15 bits per heavy atom. The molecule has 0 atom stereocenters. The van der Waals surface area contributed by atoms with E-state index in [4.69, 9.17) is 9.47 Å². The summed E-state index contributed by atoms with van der Waals surface area (Å²) in [5, 5.41) is 3.45. The molecule has 3 rings (SSSR count). The minimum atomic E-state index is 0.467. The SMILES string of the molecule is C=CCOc1ccc(CNCCc2nc3ccccc3[nH]2)cc1OCC. The molecule has 0 saturated carbocycles. The third kappa shape index (κ3) is 4.64. The first-order valence-corrected chi connectivity index (χ1v) is 8.94. The summed E-state index contributed by atoms with van der Waals surface area (Å²) in [5.74, 6) is 2.52. The molecule has 2 N–H and O–H groups in total. The smallest absolute Gasteiger partial charge is 0.161 e. The second-order valence-corrected chi connectivity index (χ2v) is 5.94. The molecule has 0 radical (unpaired) electrons. The number of aromatic amines is 1. The molecule has 0 amide bonds. The van der Waals surface area contributed by atoms with E-state index in [0.29, 0.717) is 13.2 Å². The van der Waals surface area contributed by atoms with Crippen molar-refractivity contribution in [2.75, 3.05) is 19.8 Å². The molecular weight excluding hydrogens is 326 g/mol. The predicted molar refractivity (Wildman–Crippen MR) is 105 cm³/mol. The molecule has 0 aliphatic carbocycles. The van der Waals surface area contributed by atoms with Gasteiger partial charge in [-0.15, -0.1) is 0 Å². The van der Waals surface area contributed by atoms with Gasteiger partial charge in [-0.3, -0.25) is 0 Å². The van der Waals surface area contributed by atoms with Crippen LogP contribution in [0.5, 0.6) is 11.5 Å². The highest BCUT2D eigenvalue weighted by Crippen LogP contribution is 2.28. The third-order valence-corrected chi connectivity index (χ3v) is 3.97. The molecule has 0 fully saturated rings. The zero-order valence-corrected chi connectivity index (χ0v) is 15.1. The summed E-state index contributed by atoms with van der Waals surface area (Å²) in [4.78, 5) is 7.95. The lowest BCUT2D eigenvalue weighted by atomic mass is 10.2. The molecule has 5 heteroatoms. The molecule has 1 aromatic heterocycles. The summed E-state index contributed by atoms with van der Waals surface area (Å²) in [5.41, 5.74) is 3.25. The molecule has 26 heavy (non-hydrogen) atoms. The molecule has 0 unspecified atom stereocenters. The van der Waals surface area contributed by atoms with Gasteiger partial charge in [-0.1, -0.05) is 30.9 Å². The minimum absolute atomic E-state index is 0.467. The number of nitrogens with zero attached hydrogens (tertiary/aromatic N) is 1. The van der Waals surface area contributed by atoms with Gasteiger partial charge in [0, 0.05) is 19.5 Å². The average molecular weight is 351 g/mol. The van der Waals surface area contributed by atoms with Crippen molar-refractivity contribution in [1.29, 1.82) is 0 Å². The summed E-state index contributed by atoms with van der Waals surface area (Å²) in [6.07, 6.45) is 2.58. The minimum Gasteiger partial charge on any atom is -0.490 e. The van der Waals surface area contributed by atoms with Crippen molar-refractivity contribution in [3.8, 4) is 11.5 Å². The van der Waals surface area contributed by atoms with Crippen LogP contribution in [-0.2, 0) is 13.0 Å². The standard InChI is InChI=1S/C21H25N3O2/c1-3-13-26-19-10-9-16(14-20(19)25-4-2)15-22-12-11-21-23-17-7-5-6-8-18(17)24-21/h3,5-10,14,22H,1,4,11-13,15H2,2H3,(H,23,24). The highest BCUT2D eigenvalue weighted by atomic mass is 16.5. The number of hydrogen-bond acceptors (Lipinski definition) is 4. The van der Waals surface area contributed by atoms with E-state index in [2.05, 4.69) is 27.9 Å². The van der Waals surface area contributed by atoms with Crippen LogP contribution in [-0.4, -0.2) is 29.7 Å². The zero-order valence-electron chi connectivity index (χ0n) is 15.1. The topological polar surface area (TPSA) is 59.2 Å². The van der Waals surface area contributed by atoms with E-state index in [9.17, 15) is 0 Å². The Kier molecular flexibility index (Phi) is 6.28. The van der Waals surface area contributed by atoms with Gasteiger partial charge in [0.2, 0.25) is 0 Å². The normalized spacial score (nSPS) is 10.8. The molecule has 3 aromatic rings. The van der Waals surface area contributed by atoms with Crippen molar-refractivity contribution in [3.63, 3.8) is 0 Å². The first-order valence-electron chi connectivity index (χ1n) is 8.94. The third-order valence-electron chi connectivity index (χ3n) is 3.97. The number of ether oxygens (including phenoxy) is 2. The zero-order chi connectivity index (χ0) is 18.2. The van der Waals surface area contributed by atoms with E-state index in [1.165, 1.54) is 0 Å². The molecule has 0 saturated heterocycles. The number of aromatic nitrogens is 2. The van der Waals surface area contributed by atoms with E-state index in [1.54, 1.807) is 6.08 Å². The van der Waals surface area contributed by atoms with Gasteiger partial charge in [0.25, 0.3) is 0 Å². The predicted octanol–water partition coefficient (Wildman–Crippen LogP) is 3.86. The Hall–Kier alpha value is -2.79. The quantitative estimate of drug-likeness (QED) is 0.430. The van der Waals surface area contributed by atoms with Gasteiger partial charge in [-0.2, -0.15) is 0 Å². The first-order chi connectivity index (χ1) is 12.8. The van der Waals surface area contributed by atoms with Crippen LogP contribution in [0.2, 0.25) is 0 Å². The second kappa shape index (κ2) is 9.06. The fraction of sp³-hybridized carbons (Fsp3) is 0.286. The lowest BCUT2D eigenvalue weighted by molar-refractivity contribution is 0.296. The number of rotatable bonds is 10. The van der Waals surface area contributed by atoms with Gasteiger partial charge in [0.15, 0.2) is 11.5 Å². The van der Waals surface area contributed by atoms with Crippen LogP contribution in [0.3, 0.4) is 0 Å². The van der Waals surface area contributed by atoms with Crippen molar-refractivity contribution in [1.82, 2.24) is 15.3 Å². The van der Waals surface area contributed by atoms with Crippen molar-refractivity contribution < 1.29 is 9.47 Å². The Bertz CT molecular complexity index is 824. The van der Waals surface area contributed by atoms with Crippen LogP contribution in [0.4, 0.5) is 0 Å². The molecule has 1 heterocycles. The van der Waals surface area contributed by atoms with Gasteiger partial charge in [0.05, 0.1) is 17.6 Å². The largest absolute Gasteiger partial charge is 0.490 e. The van der Waals surface area contributed by atoms with E-state index < -0.39 is 0 Å². The number of nitrogens with one attached hydrogen (secondary N) is 2. The fourth-order valence-corrected chi connectivity index (χ4v) is 2.76. The summed E-state index contributed by atoms with van der Waals surface area (Å²) in [6.45, 7) is 8.33. The van der Waals surface area contributed by atoms with E-state index in [-0.39, 0.29) is 0 Å². The highest BCUT2D eigenvalue weighted by molar-refractivity contribution is 5.74. The first kappa shape index (κ1) is 18.0. The summed E-state index contributed by atoms with van der Waals surface area (Å²) in [7, 11) is 0. The summed E-state index contributed by atoms with van der Waals surface area (Å²) >= 11 is 0. The lowest BCUT2D eigenvalue weighted by Crippen LogP contribution is -2.17. The van der Waals surface area contributed by atoms with Crippen LogP contribution in [0.15, 0.2) is 55.1 Å². The van der Waals surface area contributed by atoms with Crippen LogP contribution in [0, 0.1) is 0 Å². The van der Waals surface area contributed by atoms with Gasteiger partial charge in [-0.25, -0.2) is 4.98 Å². The van der Waals surface area contributed by atoms with E-state index in [1.807, 2.05) is 43.3 Å². The Morgan fingerprint density at radius 3 is 2.85 bits per heavy atom. The molecule has 2 aromatic carbocycles. The van der Waals surface area contributed by atoms with Gasteiger partial charge >= 0.3 is 0 Å². The van der Waals surface area contributed by atoms with Crippen LogP contribution in [0.1, 0.15) is 18.3 Å². The fourth-order valence-electron chi connectivity index (χ4n) is 2.76. The van der Waals surface area contributed by atoms with Crippen molar-refractivity contribution in [2.45, 2.75) is 19.9 Å². The Labute approximate surface area is 154 Å². The van der Waals surface area contributed by atoms with E-state index in [0.717, 1.165) is 53.4 Å². The van der Waals surface area contributed by atoms with Crippen molar-refractivity contribution in [2.24, 2.45) is 0 Å². The van der Waals surface area contributed by atoms with Gasteiger partial charge in [-0.05, 0) is 36.8 Å². The lowest BCUT2D eigenvalue weighted by Gasteiger charge is -2.13. The van der Waals surface area contributed by atoms with Crippen molar-refractivity contribution >= 4 is 11.0 Å². The second-order valence-electron chi connectivity index (χ2n) is 5.94. The Balaban J connectivity index is 1.53. The number of fused-ring (bicyclic) bond motifs is 1. The van der Waals surface area contributed by atoms with Gasteiger partial charge < -0.3 is 19.8 Å². The maximum atomic E-state index is 5.68. The van der Waals surface area contributed by atoms with Crippen LogP contribution in [0.25, 0.3) is 11.0 Å². The monoisotopic (exact) mass is 351 g/mol. The highest BCUT2D eigenvalue weighted by Gasteiger charge is 2.06. The van der Waals surface area contributed by atoms with Crippen LogP contribution < -0.4 is 14.8 Å². The molecule has 5 nitrogen and oxygen atoms in total. The molecule has 0 spiro atoms. The number of hydrogen-bond donors (Lipinski definition) is 2. The molecule has 0 aliphatic rings. The Morgan fingerprint density at radius 2 is 2.04 bits per heavy atom. The molecule has 0 aliphatic heterocycles. The molecule has 0 bridgehead atoms. The summed E-state index contributed by atoms with van der Waals surface area (Å²) in [6, 6.07) is 14.1. The van der Waals surface area contributed by atoms with E-state index >= 15 is 0 Å². The van der Waals surface area contributed by atoms with Crippen LogP contribution >= 0.6 is 0 Å². The van der Waals surface area contributed by atoms with Crippen molar-refractivity contribution in [3.05, 3.63) is 66.5 Å². The number of benzene rings is 2. The van der Waals surface area contributed by atoms with Gasteiger partial charge in [0.1, 0.15) is 12.4 Å². The maximum Gasteiger partial charge on any atom is 0.161 e.